The van der Waals surface area contributed by atoms with E-state index in [2.05, 4.69) is 93.7 Å². The first kappa shape index (κ1) is 65.8. The highest BCUT2D eigenvalue weighted by atomic mass is 16.6. The van der Waals surface area contributed by atoms with E-state index in [0.717, 1.165) is 96.3 Å². The minimum absolute atomic E-state index is 0.0843. The van der Waals surface area contributed by atoms with E-state index in [1.807, 2.05) is 0 Å². The van der Waals surface area contributed by atoms with Gasteiger partial charge in [0.05, 0.1) is 0 Å². The molecule has 0 aromatic carbocycles. The lowest BCUT2D eigenvalue weighted by atomic mass is 10.0. The fourth-order valence-electron chi connectivity index (χ4n) is 8.29. The third-order valence-corrected chi connectivity index (χ3v) is 12.7. The highest BCUT2D eigenvalue weighted by molar-refractivity contribution is 5.71. The SMILES string of the molecule is CC/C=C/C/C=C/C/C=C/C/C=C/C/C=C/CCCCCC(=O)OC[C@@H](COC(=O)CCCCCCCCCCCCCCC)OC(=O)CCCCCCCCCCC/C=C/CCCCCCCC. The minimum atomic E-state index is -0.789. The molecule has 6 heteroatoms. The summed E-state index contributed by atoms with van der Waals surface area (Å²) in [6, 6.07) is 0. The molecule has 69 heavy (non-hydrogen) atoms. The van der Waals surface area contributed by atoms with Crippen molar-refractivity contribution in [2.75, 3.05) is 13.2 Å². The van der Waals surface area contributed by atoms with E-state index < -0.39 is 6.10 Å². The molecule has 0 unspecified atom stereocenters. The van der Waals surface area contributed by atoms with Gasteiger partial charge < -0.3 is 14.2 Å². The third-order valence-electron chi connectivity index (χ3n) is 12.7. The van der Waals surface area contributed by atoms with Gasteiger partial charge >= 0.3 is 17.9 Å². The Bertz CT molecular complexity index is 1290. The number of allylic oxidation sites excluding steroid dienone is 12. The standard InChI is InChI=1S/C63H110O6/c1-4-7-10-13-16-19-22-25-27-29-31-33-35-38-41-44-47-50-53-56-62(65)68-59-60(58-67-61(64)55-52-49-46-43-40-37-24-21-18-15-12-9-6-3)69-63(66)57-54-51-48-45-42-39-36-34-32-30-28-26-23-20-17-14-11-8-5-2/h7,10,16,19,25-28,31,33,38,41,60H,4-6,8-9,11-15,17-18,20-24,29-30,32,34-37,39-40,42-59H2,1-3H3/b10-7+,19-16+,27-25+,28-26+,33-31+,41-38+/t60-/m1/s1. The predicted octanol–water partition coefficient (Wildman–Crippen LogP) is 19.8. The minimum Gasteiger partial charge on any atom is -0.462 e. The largest absolute Gasteiger partial charge is 0.462 e. The van der Waals surface area contributed by atoms with Gasteiger partial charge in [0.25, 0.3) is 0 Å². The van der Waals surface area contributed by atoms with E-state index in [4.69, 9.17) is 14.2 Å². The van der Waals surface area contributed by atoms with E-state index in [1.165, 1.54) is 154 Å². The molecule has 0 saturated carbocycles. The molecular formula is C63H110O6. The van der Waals surface area contributed by atoms with Crippen molar-refractivity contribution >= 4 is 17.9 Å². The first-order valence-corrected chi connectivity index (χ1v) is 29.4. The maximum Gasteiger partial charge on any atom is 0.306 e. The number of ether oxygens (including phenoxy) is 3. The topological polar surface area (TPSA) is 78.9 Å². The number of carbonyl (C=O) groups excluding carboxylic acids is 3. The molecular weight excluding hydrogens is 853 g/mol. The third kappa shape index (κ3) is 55.6. The molecule has 0 aliphatic rings. The molecule has 0 N–H and O–H groups in total. The van der Waals surface area contributed by atoms with Gasteiger partial charge in [0, 0.05) is 19.3 Å². The summed E-state index contributed by atoms with van der Waals surface area (Å²) in [5.74, 6) is -0.909. The van der Waals surface area contributed by atoms with Crippen LogP contribution in [0.4, 0.5) is 0 Å². The first-order valence-electron chi connectivity index (χ1n) is 29.4. The highest BCUT2D eigenvalue weighted by Crippen LogP contribution is 2.16. The Kier molecular flexibility index (Phi) is 54.8. The Morgan fingerprint density at radius 2 is 0.565 bits per heavy atom. The van der Waals surface area contributed by atoms with Crippen molar-refractivity contribution in [2.45, 2.75) is 297 Å². The zero-order valence-electron chi connectivity index (χ0n) is 45.6. The molecule has 0 aromatic heterocycles. The van der Waals surface area contributed by atoms with Crippen LogP contribution in [0.2, 0.25) is 0 Å². The fraction of sp³-hybridized carbons (Fsp3) is 0.762. The molecule has 0 radical (unpaired) electrons. The van der Waals surface area contributed by atoms with Crippen LogP contribution in [-0.4, -0.2) is 37.2 Å². The predicted molar refractivity (Wildman–Crippen MR) is 298 cm³/mol. The second-order valence-electron chi connectivity index (χ2n) is 19.5. The Labute approximate surface area is 427 Å². The van der Waals surface area contributed by atoms with Gasteiger partial charge in [-0.3, -0.25) is 14.4 Å². The number of hydrogen-bond acceptors (Lipinski definition) is 6. The van der Waals surface area contributed by atoms with Crippen LogP contribution in [0.3, 0.4) is 0 Å². The number of esters is 3. The lowest BCUT2D eigenvalue weighted by molar-refractivity contribution is -0.167. The van der Waals surface area contributed by atoms with Gasteiger partial charge in [-0.15, -0.1) is 0 Å². The van der Waals surface area contributed by atoms with Crippen molar-refractivity contribution in [2.24, 2.45) is 0 Å². The zero-order chi connectivity index (χ0) is 50.0. The second-order valence-corrected chi connectivity index (χ2v) is 19.5. The molecule has 6 nitrogen and oxygen atoms in total. The maximum absolute atomic E-state index is 12.9. The van der Waals surface area contributed by atoms with E-state index in [-0.39, 0.29) is 31.1 Å². The van der Waals surface area contributed by atoms with Crippen molar-refractivity contribution in [3.63, 3.8) is 0 Å². The zero-order valence-corrected chi connectivity index (χ0v) is 45.6. The summed E-state index contributed by atoms with van der Waals surface area (Å²) < 4.78 is 16.9. The van der Waals surface area contributed by atoms with Gasteiger partial charge in [-0.05, 0) is 89.9 Å². The second kappa shape index (κ2) is 57.4. The molecule has 0 aliphatic heterocycles. The normalized spacial score (nSPS) is 12.6. The van der Waals surface area contributed by atoms with Crippen LogP contribution in [0.1, 0.15) is 290 Å². The summed E-state index contributed by atoms with van der Waals surface area (Å²) in [6.45, 7) is 6.52. The van der Waals surface area contributed by atoms with Gasteiger partial charge in [-0.25, -0.2) is 0 Å². The molecule has 0 amide bonds. The van der Waals surface area contributed by atoms with Crippen LogP contribution in [0, 0.1) is 0 Å². The summed E-state index contributed by atoms with van der Waals surface area (Å²) in [5.41, 5.74) is 0. The van der Waals surface area contributed by atoms with Crippen LogP contribution in [0.5, 0.6) is 0 Å². The maximum atomic E-state index is 12.9. The smallest absolute Gasteiger partial charge is 0.306 e. The molecule has 0 spiro atoms. The van der Waals surface area contributed by atoms with E-state index in [1.54, 1.807) is 0 Å². The Morgan fingerprint density at radius 1 is 0.304 bits per heavy atom. The van der Waals surface area contributed by atoms with Crippen molar-refractivity contribution in [1.29, 1.82) is 0 Å². The first-order chi connectivity index (χ1) is 34.0. The van der Waals surface area contributed by atoms with Crippen LogP contribution in [0.25, 0.3) is 0 Å². The van der Waals surface area contributed by atoms with Crippen LogP contribution < -0.4 is 0 Å². The summed E-state index contributed by atoms with van der Waals surface area (Å²) in [6.07, 6.45) is 73.2. The lowest BCUT2D eigenvalue weighted by Crippen LogP contribution is -2.30. The van der Waals surface area contributed by atoms with Crippen LogP contribution >= 0.6 is 0 Å². The summed E-state index contributed by atoms with van der Waals surface area (Å²) in [4.78, 5) is 38.2. The van der Waals surface area contributed by atoms with Gasteiger partial charge in [0.2, 0.25) is 0 Å². The van der Waals surface area contributed by atoms with E-state index in [9.17, 15) is 14.4 Å². The van der Waals surface area contributed by atoms with Crippen molar-refractivity contribution in [3.8, 4) is 0 Å². The van der Waals surface area contributed by atoms with Crippen LogP contribution in [0.15, 0.2) is 72.9 Å². The van der Waals surface area contributed by atoms with Crippen molar-refractivity contribution in [1.82, 2.24) is 0 Å². The lowest BCUT2D eigenvalue weighted by Gasteiger charge is -2.18. The number of unbranched alkanes of at least 4 members (excludes halogenated alkanes) is 30. The highest BCUT2D eigenvalue weighted by Gasteiger charge is 2.19. The average Bonchev–Trinajstić information content (AvgIpc) is 3.35. The van der Waals surface area contributed by atoms with Crippen molar-refractivity contribution in [3.05, 3.63) is 72.9 Å². The number of carbonyl (C=O) groups is 3. The Balaban J connectivity index is 4.41. The average molecular weight is 964 g/mol. The molecule has 0 aromatic rings. The van der Waals surface area contributed by atoms with Gasteiger partial charge in [-0.2, -0.15) is 0 Å². The molecule has 0 saturated heterocycles. The number of rotatable bonds is 53. The van der Waals surface area contributed by atoms with Crippen LogP contribution in [-0.2, 0) is 28.6 Å². The fourth-order valence-corrected chi connectivity index (χ4v) is 8.29. The number of hydrogen-bond donors (Lipinski definition) is 0. The molecule has 398 valence electrons. The molecule has 0 rings (SSSR count). The van der Waals surface area contributed by atoms with E-state index in [0.29, 0.717) is 19.3 Å². The van der Waals surface area contributed by atoms with Gasteiger partial charge in [0.1, 0.15) is 13.2 Å². The summed E-state index contributed by atoms with van der Waals surface area (Å²) in [5, 5.41) is 0. The van der Waals surface area contributed by atoms with E-state index >= 15 is 0 Å². The quantitative estimate of drug-likeness (QED) is 0.0262. The molecule has 0 fully saturated rings. The summed E-state index contributed by atoms with van der Waals surface area (Å²) >= 11 is 0. The summed E-state index contributed by atoms with van der Waals surface area (Å²) in [7, 11) is 0. The molecule has 0 bridgehead atoms. The monoisotopic (exact) mass is 963 g/mol. The molecule has 0 heterocycles. The van der Waals surface area contributed by atoms with Gasteiger partial charge in [-0.1, -0.05) is 254 Å². The Hall–Kier alpha value is -3.15. The van der Waals surface area contributed by atoms with Crippen molar-refractivity contribution < 1.29 is 28.6 Å². The van der Waals surface area contributed by atoms with Gasteiger partial charge in [0.15, 0.2) is 6.10 Å². The molecule has 0 aliphatic carbocycles. The molecule has 1 atom stereocenters. The Morgan fingerprint density at radius 3 is 0.913 bits per heavy atom.